The van der Waals surface area contributed by atoms with Crippen molar-refractivity contribution in [1.29, 1.82) is 0 Å². The fourth-order valence-corrected chi connectivity index (χ4v) is 2.09. The Bertz CT molecular complexity index is 530. The van der Waals surface area contributed by atoms with Crippen LogP contribution < -0.4 is 10.6 Å². The number of hydrogen-bond donors (Lipinski definition) is 3. The molecule has 1 fully saturated rings. The number of aliphatic hydroxyl groups excluding tert-OH is 1. The Labute approximate surface area is 124 Å². The Morgan fingerprint density at radius 3 is 2.76 bits per heavy atom. The largest absolute Gasteiger partial charge is 0.396 e. The summed E-state index contributed by atoms with van der Waals surface area (Å²) in [6, 6.07) is 6.90. The highest BCUT2D eigenvalue weighted by Gasteiger charge is 2.39. The first-order valence-corrected chi connectivity index (χ1v) is 7.31. The number of benzene rings is 1. The number of rotatable bonds is 6. The highest BCUT2D eigenvalue weighted by atomic mass is 16.3. The van der Waals surface area contributed by atoms with Crippen LogP contribution >= 0.6 is 0 Å². The van der Waals surface area contributed by atoms with Gasteiger partial charge in [-0.3, -0.25) is 9.59 Å². The van der Waals surface area contributed by atoms with E-state index >= 15 is 0 Å². The molecule has 5 nitrogen and oxygen atoms in total. The maximum atomic E-state index is 12.0. The Morgan fingerprint density at radius 1 is 1.43 bits per heavy atom. The summed E-state index contributed by atoms with van der Waals surface area (Å²) in [7, 11) is 0. The predicted octanol–water partition coefficient (Wildman–Crippen LogP) is 1.64. The molecule has 3 atom stereocenters. The Morgan fingerprint density at radius 2 is 2.14 bits per heavy atom. The van der Waals surface area contributed by atoms with Gasteiger partial charge in [-0.05, 0) is 36.5 Å². The molecule has 0 aromatic heterocycles. The number of hydrogen-bond acceptors (Lipinski definition) is 3. The first kappa shape index (κ1) is 15.5. The molecule has 114 valence electrons. The predicted molar refractivity (Wildman–Crippen MR) is 80.9 cm³/mol. The maximum absolute atomic E-state index is 12.0. The Hall–Kier alpha value is -1.88. The molecule has 3 unspecified atom stereocenters. The van der Waals surface area contributed by atoms with Gasteiger partial charge in [-0.25, -0.2) is 0 Å². The molecule has 3 N–H and O–H groups in total. The second-order valence-corrected chi connectivity index (χ2v) is 5.89. The average Bonchev–Trinajstić information content (AvgIpc) is 3.21. The number of aliphatic hydroxyl groups is 1. The van der Waals surface area contributed by atoms with Crippen molar-refractivity contribution in [2.24, 2.45) is 17.8 Å². The lowest BCUT2D eigenvalue weighted by Gasteiger charge is -2.11. The lowest BCUT2D eigenvalue weighted by molar-refractivity contribution is -0.117. The van der Waals surface area contributed by atoms with Gasteiger partial charge in [0, 0.05) is 30.3 Å². The SMILES string of the molecule is CC(CO)CNC(=O)c1cccc(NC(=O)C2CC2C)c1. The number of nitrogens with one attached hydrogen (secondary N) is 2. The highest BCUT2D eigenvalue weighted by Crippen LogP contribution is 2.38. The first-order chi connectivity index (χ1) is 10.0. The van der Waals surface area contributed by atoms with E-state index in [9.17, 15) is 9.59 Å². The summed E-state index contributed by atoms with van der Waals surface area (Å²) in [4.78, 5) is 23.9. The second kappa shape index (κ2) is 6.72. The lowest BCUT2D eigenvalue weighted by Crippen LogP contribution is -2.29. The summed E-state index contributed by atoms with van der Waals surface area (Å²) < 4.78 is 0. The molecular formula is C16H22N2O3. The van der Waals surface area contributed by atoms with Crippen LogP contribution in [0.5, 0.6) is 0 Å². The molecule has 0 radical (unpaired) electrons. The van der Waals surface area contributed by atoms with Crippen LogP contribution in [-0.2, 0) is 4.79 Å². The number of carbonyl (C=O) groups excluding carboxylic acids is 2. The van der Waals surface area contributed by atoms with Crippen molar-refractivity contribution < 1.29 is 14.7 Å². The number of anilines is 1. The molecule has 0 saturated heterocycles. The molecule has 0 heterocycles. The second-order valence-electron chi connectivity index (χ2n) is 5.89. The summed E-state index contributed by atoms with van der Waals surface area (Å²) in [6.07, 6.45) is 0.936. The van der Waals surface area contributed by atoms with Gasteiger partial charge in [-0.2, -0.15) is 0 Å². The number of carbonyl (C=O) groups is 2. The van der Waals surface area contributed by atoms with Crippen LogP contribution in [0.15, 0.2) is 24.3 Å². The molecule has 0 aliphatic heterocycles. The summed E-state index contributed by atoms with van der Waals surface area (Å²) in [5, 5.41) is 14.5. The van der Waals surface area contributed by atoms with E-state index in [-0.39, 0.29) is 30.3 Å². The van der Waals surface area contributed by atoms with Crippen molar-refractivity contribution in [1.82, 2.24) is 5.32 Å². The zero-order chi connectivity index (χ0) is 15.4. The molecule has 2 amide bonds. The van der Waals surface area contributed by atoms with Gasteiger partial charge in [-0.1, -0.05) is 19.9 Å². The minimum Gasteiger partial charge on any atom is -0.396 e. The van der Waals surface area contributed by atoms with Gasteiger partial charge in [-0.15, -0.1) is 0 Å². The third kappa shape index (κ3) is 4.29. The van der Waals surface area contributed by atoms with Gasteiger partial charge >= 0.3 is 0 Å². The van der Waals surface area contributed by atoms with Crippen LogP contribution in [0, 0.1) is 17.8 Å². The summed E-state index contributed by atoms with van der Waals surface area (Å²) in [5.41, 5.74) is 1.14. The number of amides is 2. The van der Waals surface area contributed by atoms with Gasteiger partial charge in [0.2, 0.25) is 5.91 Å². The topological polar surface area (TPSA) is 78.4 Å². The first-order valence-electron chi connectivity index (χ1n) is 7.31. The Balaban J connectivity index is 1.93. The van der Waals surface area contributed by atoms with E-state index in [1.807, 2.05) is 6.92 Å². The molecule has 0 bridgehead atoms. The smallest absolute Gasteiger partial charge is 0.251 e. The van der Waals surface area contributed by atoms with Crippen LogP contribution in [0.1, 0.15) is 30.6 Å². The highest BCUT2D eigenvalue weighted by molar-refractivity contribution is 5.98. The zero-order valence-electron chi connectivity index (χ0n) is 12.4. The molecule has 0 spiro atoms. The van der Waals surface area contributed by atoms with E-state index in [4.69, 9.17) is 5.11 Å². The van der Waals surface area contributed by atoms with Crippen LogP contribution in [0.2, 0.25) is 0 Å². The van der Waals surface area contributed by atoms with Crippen molar-refractivity contribution in [3.05, 3.63) is 29.8 Å². The molecule has 1 aromatic rings. The van der Waals surface area contributed by atoms with E-state index in [0.29, 0.717) is 23.7 Å². The minimum absolute atomic E-state index is 0.0215. The standard InChI is InChI=1S/C16H22N2O3/c1-10(9-19)8-17-15(20)12-4-3-5-13(7-12)18-16(21)14-6-11(14)2/h3-5,7,10-11,14,19H,6,8-9H2,1-2H3,(H,17,20)(H,18,21). The van der Waals surface area contributed by atoms with Crippen molar-refractivity contribution in [2.75, 3.05) is 18.5 Å². The summed E-state index contributed by atoms with van der Waals surface area (Å²) in [5.74, 6) is 0.401. The Kier molecular flexibility index (Phi) is 4.96. The van der Waals surface area contributed by atoms with Gasteiger partial charge < -0.3 is 15.7 Å². The van der Waals surface area contributed by atoms with E-state index in [1.54, 1.807) is 24.3 Å². The molecule has 1 aromatic carbocycles. The molecule has 1 aliphatic carbocycles. The van der Waals surface area contributed by atoms with Gasteiger partial charge in [0.1, 0.15) is 0 Å². The van der Waals surface area contributed by atoms with Gasteiger partial charge in [0.25, 0.3) is 5.91 Å². The van der Waals surface area contributed by atoms with Crippen LogP contribution in [0.4, 0.5) is 5.69 Å². The molecule has 21 heavy (non-hydrogen) atoms. The fraction of sp³-hybridized carbons (Fsp3) is 0.500. The van der Waals surface area contributed by atoms with E-state index in [2.05, 4.69) is 17.6 Å². The molecule has 5 heteroatoms. The van der Waals surface area contributed by atoms with Crippen LogP contribution in [0.25, 0.3) is 0 Å². The quantitative estimate of drug-likeness (QED) is 0.745. The van der Waals surface area contributed by atoms with Crippen molar-refractivity contribution >= 4 is 17.5 Å². The van der Waals surface area contributed by atoms with Crippen molar-refractivity contribution in [3.8, 4) is 0 Å². The normalized spacial score (nSPS) is 21.5. The molecule has 1 saturated carbocycles. The zero-order valence-corrected chi connectivity index (χ0v) is 12.4. The van der Waals surface area contributed by atoms with Crippen LogP contribution in [0.3, 0.4) is 0 Å². The third-order valence-electron chi connectivity index (χ3n) is 3.76. The molecule has 1 aliphatic rings. The maximum Gasteiger partial charge on any atom is 0.251 e. The van der Waals surface area contributed by atoms with Crippen molar-refractivity contribution in [3.63, 3.8) is 0 Å². The summed E-state index contributed by atoms with van der Waals surface area (Å²) in [6.45, 7) is 4.37. The van der Waals surface area contributed by atoms with E-state index in [1.165, 1.54) is 0 Å². The summed E-state index contributed by atoms with van der Waals surface area (Å²) >= 11 is 0. The van der Waals surface area contributed by atoms with E-state index in [0.717, 1.165) is 6.42 Å². The molecule has 2 rings (SSSR count). The van der Waals surface area contributed by atoms with E-state index < -0.39 is 0 Å². The minimum atomic E-state index is -0.203. The monoisotopic (exact) mass is 290 g/mol. The molecular weight excluding hydrogens is 268 g/mol. The third-order valence-corrected chi connectivity index (χ3v) is 3.76. The lowest BCUT2D eigenvalue weighted by atomic mass is 10.1. The van der Waals surface area contributed by atoms with Crippen LogP contribution in [-0.4, -0.2) is 30.1 Å². The van der Waals surface area contributed by atoms with Gasteiger partial charge in [0.15, 0.2) is 0 Å². The fourth-order valence-electron chi connectivity index (χ4n) is 2.09. The van der Waals surface area contributed by atoms with Crippen molar-refractivity contribution in [2.45, 2.75) is 20.3 Å². The average molecular weight is 290 g/mol. The van der Waals surface area contributed by atoms with Gasteiger partial charge in [0.05, 0.1) is 0 Å².